The van der Waals surface area contributed by atoms with Crippen molar-refractivity contribution in [2.45, 2.75) is 209 Å². The average Bonchev–Trinajstić information content (AvgIpc) is 3.70. The lowest BCUT2D eigenvalue weighted by Gasteiger charge is -2.62. The van der Waals surface area contributed by atoms with E-state index in [-0.39, 0.29) is 47.2 Å². The largest absolute Gasteiger partial charge is 0.394 e. The molecule has 0 aromatic rings. The summed E-state index contributed by atoms with van der Waals surface area (Å²) < 4.78 is 41.9. The molecule has 8 aliphatic rings. The molecule has 4 aliphatic carbocycles. The van der Waals surface area contributed by atoms with Crippen LogP contribution in [0.15, 0.2) is 0 Å². The Hall–Kier alpha value is -0.760. The molecule has 0 amide bonds. The van der Waals surface area contributed by atoms with Crippen LogP contribution in [-0.4, -0.2) is 197 Å². The quantitative estimate of drug-likeness (QED) is 0.0964. The van der Waals surface area contributed by atoms with Gasteiger partial charge in [-0.05, 0) is 105 Å². The number of hydrogen-bond acceptors (Lipinski definition) is 19. The summed E-state index contributed by atoms with van der Waals surface area (Å²) in [6, 6.07) is 0. The van der Waals surface area contributed by atoms with E-state index in [2.05, 4.69) is 20.8 Å². The highest BCUT2D eigenvalue weighted by molar-refractivity contribution is 5.15. The van der Waals surface area contributed by atoms with Crippen molar-refractivity contribution in [2.75, 3.05) is 19.8 Å². The smallest absolute Gasteiger partial charge is 0.187 e. The SMILES string of the molecule is C[C@@H](CC[C@]1(O)O[C@@H]2C[C@@H]3[C@@H]4CC[C@H]5C[C@@H](O[C@@H]6O[C@H](CO)[C@@H](O)[C@H](O)[C@H]6O[C@@H]6O[C@@H](C)[C@H](O)[C@@H](O)[C@H]6O)[C@H](O)C[C@]5(C)[C@H]4CC[C@]3(C)[C@@H]2[C@@H]1C)CO[C@@H]1O[C@H](CO)[C@@H](O)[C@H](O)[C@H]1O. The zero-order chi connectivity index (χ0) is 46.4. The van der Waals surface area contributed by atoms with Crippen molar-refractivity contribution < 1.29 is 94.4 Å². The van der Waals surface area contributed by atoms with Crippen molar-refractivity contribution in [3.63, 3.8) is 0 Å². The van der Waals surface area contributed by atoms with E-state index in [1.807, 2.05) is 6.92 Å². The Morgan fingerprint density at radius 1 is 0.672 bits per heavy atom. The van der Waals surface area contributed by atoms with Crippen LogP contribution in [0.1, 0.15) is 92.4 Å². The third kappa shape index (κ3) is 8.55. The van der Waals surface area contributed by atoms with Crippen molar-refractivity contribution in [1.82, 2.24) is 0 Å². The van der Waals surface area contributed by atoms with E-state index in [1.54, 1.807) is 0 Å². The topological polar surface area (TPSA) is 307 Å². The third-order valence-corrected chi connectivity index (χ3v) is 18.0. The zero-order valence-corrected chi connectivity index (χ0v) is 37.6. The van der Waals surface area contributed by atoms with Crippen LogP contribution in [0.3, 0.4) is 0 Å². The van der Waals surface area contributed by atoms with E-state index in [9.17, 15) is 61.3 Å². The van der Waals surface area contributed by atoms with E-state index in [1.165, 1.54) is 6.92 Å². The molecule has 8 fully saturated rings. The molecule has 0 spiro atoms. The molecule has 12 N–H and O–H groups in total. The van der Waals surface area contributed by atoms with E-state index >= 15 is 0 Å². The molecule has 370 valence electrons. The Morgan fingerprint density at radius 3 is 2.00 bits per heavy atom. The standard InChI is InChI=1S/C45H76O19/c1-18(17-58-40-37(55)35(53)32(50)28(15-46)61-40)8-11-45(57)19(2)30-27(64-45)13-24-22-7-6-21-12-26(25(48)14-44(21,5)23(22)9-10-43(24,30)4)60-42-39(36(54)33(51)29(16-47)62-42)63-41-38(56)34(52)31(49)20(3)59-41/h18-42,46-57H,6-17H2,1-5H3/t18-,19-,20-,21-,22+,23-,24+,25+,26+,27+,28+,29+,30+,31-,32+,33+,34+,35-,36-,37+,38+,39+,40+,41-,42+,43-,44-,45-/m0/s1. The Labute approximate surface area is 374 Å². The van der Waals surface area contributed by atoms with Crippen LogP contribution in [0.2, 0.25) is 0 Å². The van der Waals surface area contributed by atoms with Gasteiger partial charge in [0.2, 0.25) is 0 Å². The second-order valence-corrected chi connectivity index (χ2v) is 21.6. The van der Waals surface area contributed by atoms with Gasteiger partial charge in [-0.25, -0.2) is 0 Å². The molecule has 4 saturated heterocycles. The van der Waals surface area contributed by atoms with Crippen LogP contribution in [-0.2, 0) is 33.2 Å². The summed E-state index contributed by atoms with van der Waals surface area (Å²) in [5, 5.41) is 127. The number of aliphatic hydroxyl groups is 12. The first-order valence-corrected chi connectivity index (χ1v) is 23.8. The van der Waals surface area contributed by atoms with Gasteiger partial charge in [-0.3, -0.25) is 0 Å². The molecule has 0 unspecified atom stereocenters. The fraction of sp³-hybridized carbons (Fsp3) is 1.00. The lowest BCUT2D eigenvalue weighted by molar-refractivity contribution is -0.374. The van der Waals surface area contributed by atoms with Crippen LogP contribution >= 0.6 is 0 Å². The van der Waals surface area contributed by atoms with Gasteiger partial charge >= 0.3 is 0 Å². The maximum Gasteiger partial charge on any atom is 0.187 e. The zero-order valence-electron chi connectivity index (χ0n) is 37.6. The molecular weight excluding hydrogens is 844 g/mol. The maximum atomic E-state index is 12.1. The van der Waals surface area contributed by atoms with Gasteiger partial charge in [-0.15, -0.1) is 0 Å². The van der Waals surface area contributed by atoms with Crippen molar-refractivity contribution in [3.05, 3.63) is 0 Å². The van der Waals surface area contributed by atoms with Gasteiger partial charge in [0.05, 0.1) is 44.2 Å². The van der Waals surface area contributed by atoms with Gasteiger partial charge in [0.1, 0.15) is 67.1 Å². The molecule has 0 aromatic carbocycles. The molecule has 28 atom stereocenters. The first-order valence-electron chi connectivity index (χ1n) is 23.8. The fourth-order valence-corrected chi connectivity index (χ4v) is 14.1. The molecule has 19 nitrogen and oxygen atoms in total. The highest BCUT2D eigenvalue weighted by atomic mass is 16.8. The summed E-state index contributed by atoms with van der Waals surface area (Å²) >= 11 is 0. The highest BCUT2D eigenvalue weighted by Crippen LogP contribution is 2.71. The Bertz CT molecular complexity index is 1580. The molecule has 0 bridgehead atoms. The summed E-state index contributed by atoms with van der Waals surface area (Å²) in [4.78, 5) is 0. The minimum absolute atomic E-state index is 0.0563. The number of rotatable bonds is 12. The lowest BCUT2D eigenvalue weighted by atomic mass is 9.44. The van der Waals surface area contributed by atoms with E-state index in [4.69, 9.17) is 33.2 Å². The van der Waals surface area contributed by atoms with Gasteiger partial charge in [0.25, 0.3) is 0 Å². The summed E-state index contributed by atoms with van der Waals surface area (Å²) in [5.41, 5.74) is -0.263. The number of aliphatic hydroxyl groups excluding tert-OH is 11. The van der Waals surface area contributed by atoms with Crippen LogP contribution < -0.4 is 0 Å². The number of hydrogen-bond donors (Lipinski definition) is 12. The molecule has 19 heteroatoms. The van der Waals surface area contributed by atoms with Crippen LogP contribution in [0.4, 0.5) is 0 Å². The summed E-state index contributed by atoms with van der Waals surface area (Å²) in [6.07, 6.45) is -16.4. The van der Waals surface area contributed by atoms with E-state index in [0.717, 1.165) is 32.1 Å². The van der Waals surface area contributed by atoms with E-state index in [0.29, 0.717) is 43.4 Å². The third-order valence-electron chi connectivity index (χ3n) is 18.0. The van der Waals surface area contributed by atoms with Gasteiger partial charge in [0.15, 0.2) is 24.7 Å². The molecule has 4 heterocycles. The summed E-state index contributed by atoms with van der Waals surface area (Å²) in [5.74, 6) is -0.0681. The van der Waals surface area contributed by atoms with Crippen molar-refractivity contribution >= 4 is 0 Å². The predicted molar refractivity (Wildman–Crippen MR) is 219 cm³/mol. The van der Waals surface area contributed by atoms with Crippen LogP contribution in [0.5, 0.6) is 0 Å². The molecular formula is C45H76O19. The molecule has 4 aliphatic heterocycles. The fourth-order valence-electron chi connectivity index (χ4n) is 14.1. The van der Waals surface area contributed by atoms with Gasteiger partial charge in [-0.2, -0.15) is 0 Å². The van der Waals surface area contributed by atoms with Crippen molar-refractivity contribution in [3.8, 4) is 0 Å². The number of ether oxygens (including phenoxy) is 7. The monoisotopic (exact) mass is 920 g/mol. The van der Waals surface area contributed by atoms with Gasteiger partial charge in [0, 0.05) is 12.3 Å². The van der Waals surface area contributed by atoms with E-state index < -0.39 is 123 Å². The van der Waals surface area contributed by atoms with Gasteiger partial charge in [-0.1, -0.05) is 27.7 Å². The Morgan fingerprint density at radius 2 is 1.31 bits per heavy atom. The minimum Gasteiger partial charge on any atom is -0.394 e. The van der Waals surface area contributed by atoms with Crippen molar-refractivity contribution in [2.24, 2.45) is 52.3 Å². The molecule has 8 rings (SSSR count). The second-order valence-electron chi connectivity index (χ2n) is 21.6. The summed E-state index contributed by atoms with van der Waals surface area (Å²) in [7, 11) is 0. The van der Waals surface area contributed by atoms with Crippen LogP contribution in [0, 0.1) is 52.3 Å². The van der Waals surface area contributed by atoms with Crippen molar-refractivity contribution in [1.29, 1.82) is 0 Å². The Kier molecular flexibility index (Phi) is 14.6. The molecule has 4 saturated carbocycles. The molecule has 0 aromatic heterocycles. The summed E-state index contributed by atoms with van der Waals surface area (Å²) in [6.45, 7) is 9.19. The predicted octanol–water partition coefficient (Wildman–Crippen LogP) is -1.78. The first-order chi connectivity index (χ1) is 30.2. The highest BCUT2D eigenvalue weighted by Gasteiger charge is 2.69. The van der Waals surface area contributed by atoms with Crippen LogP contribution in [0.25, 0.3) is 0 Å². The second kappa shape index (κ2) is 18.9. The normalized spacial score (nSPS) is 56.8. The molecule has 64 heavy (non-hydrogen) atoms. The Balaban J connectivity index is 0.883. The number of fused-ring (bicyclic) bond motifs is 7. The average molecular weight is 921 g/mol. The first kappa shape index (κ1) is 49.7. The molecule has 0 radical (unpaired) electrons. The minimum atomic E-state index is -1.70. The lowest BCUT2D eigenvalue weighted by Crippen LogP contribution is -2.65. The maximum absolute atomic E-state index is 12.1. The van der Waals surface area contributed by atoms with Gasteiger partial charge < -0.3 is 94.4 Å².